The lowest BCUT2D eigenvalue weighted by Gasteiger charge is -2.15. The predicted molar refractivity (Wildman–Crippen MR) is 92.7 cm³/mol. The molecular weight excluding hydrogens is 316 g/mol. The van der Waals surface area contributed by atoms with Crippen LogP contribution in [0.15, 0.2) is 48.5 Å². The summed E-state index contributed by atoms with van der Waals surface area (Å²) in [6.45, 7) is 0.900. The van der Waals surface area contributed by atoms with Gasteiger partial charge in [0.2, 0.25) is 5.91 Å². The maximum atomic E-state index is 12.0. The Labute approximate surface area is 146 Å². The van der Waals surface area contributed by atoms with Gasteiger partial charge in [0.1, 0.15) is 6.61 Å². The molecular formula is C20H18N2O3. The minimum Gasteiger partial charge on any atom is -0.461 e. The van der Waals surface area contributed by atoms with E-state index in [9.17, 15) is 9.59 Å². The number of hydrogen-bond acceptors (Lipinski definition) is 4. The number of ether oxygens (including phenoxy) is 1. The highest BCUT2D eigenvalue weighted by Gasteiger charge is 2.21. The van der Waals surface area contributed by atoms with E-state index >= 15 is 0 Å². The topological polar surface area (TPSA) is 70.4 Å². The van der Waals surface area contributed by atoms with Gasteiger partial charge in [0.25, 0.3) is 0 Å². The van der Waals surface area contributed by atoms with E-state index in [1.54, 1.807) is 23.1 Å². The number of carbonyl (C=O) groups excluding carboxylic acids is 2. The molecule has 25 heavy (non-hydrogen) atoms. The average molecular weight is 334 g/mol. The molecule has 0 atom stereocenters. The standard InChI is InChI=1S/C20H18N2O3/c21-13-16-3-1-4-17(11-16)14-25-20(24)12-15-6-8-18(9-7-15)22-10-2-5-19(22)23/h1,3-4,6-9,11H,2,5,10,12,14H2. The Morgan fingerprint density at radius 2 is 1.96 bits per heavy atom. The summed E-state index contributed by atoms with van der Waals surface area (Å²) in [5, 5.41) is 8.87. The number of rotatable bonds is 5. The molecule has 5 heteroatoms. The van der Waals surface area contributed by atoms with Crippen molar-refractivity contribution in [3.05, 3.63) is 65.2 Å². The first kappa shape index (κ1) is 16.7. The van der Waals surface area contributed by atoms with Gasteiger partial charge in [0.05, 0.1) is 18.1 Å². The van der Waals surface area contributed by atoms with Gasteiger partial charge in [-0.3, -0.25) is 9.59 Å². The molecule has 0 aromatic heterocycles. The predicted octanol–water partition coefficient (Wildman–Crippen LogP) is 2.97. The van der Waals surface area contributed by atoms with Crippen LogP contribution in [-0.4, -0.2) is 18.4 Å². The van der Waals surface area contributed by atoms with Crippen LogP contribution in [0.4, 0.5) is 5.69 Å². The minimum absolute atomic E-state index is 0.145. The first-order valence-electron chi connectivity index (χ1n) is 8.20. The second-order valence-corrected chi connectivity index (χ2v) is 5.97. The molecule has 0 saturated carbocycles. The third-order valence-corrected chi connectivity index (χ3v) is 4.13. The normalized spacial score (nSPS) is 13.6. The van der Waals surface area contributed by atoms with Gasteiger partial charge < -0.3 is 9.64 Å². The molecule has 1 aliphatic rings. The zero-order valence-corrected chi connectivity index (χ0v) is 13.8. The lowest BCUT2D eigenvalue weighted by atomic mass is 10.1. The highest BCUT2D eigenvalue weighted by molar-refractivity contribution is 5.95. The van der Waals surface area contributed by atoms with Crippen molar-refractivity contribution < 1.29 is 14.3 Å². The van der Waals surface area contributed by atoms with Crippen LogP contribution in [0.5, 0.6) is 0 Å². The third-order valence-electron chi connectivity index (χ3n) is 4.13. The van der Waals surface area contributed by atoms with Gasteiger partial charge in [0, 0.05) is 18.7 Å². The summed E-state index contributed by atoms with van der Waals surface area (Å²) in [4.78, 5) is 25.5. The molecule has 0 N–H and O–H groups in total. The summed E-state index contributed by atoms with van der Waals surface area (Å²) in [6, 6.07) is 16.5. The Balaban J connectivity index is 1.54. The molecule has 126 valence electrons. The molecule has 1 fully saturated rings. The first-order chi connectivity index (χ1) is 12.2. The van der Waals surface area contributed by atoms with Gasteiger partial charge in [-0.25, -0.2) is 0 Å². The number of nitriles is 1. The third kappa shape index (κ3) is 4.24. The van der Waals surface area contributed by atoms with Crippen LogP contribution in [0.1, 0.15) is 29.5 Å². The lowest BCUT2D eigenvalue weighted by molar-refractivity contribution is -0.144. The Kier molecular flexibility index (Phi) is 5.10. The molecule has 0 radical (unpaired) electrons. The second-order valence-electron chi connectivity index (χ2n) is 5.97. The van der Waals surface area contributed by atoms with Crippen LogP contribution in [-0.2, 0) is 27.4 Å². The smallest absolute Gasteiger partial charge is 0.310 e. The van der Waals surface area contributed by atoms with Gasteiger partial charge in [-0.1, -0.05) is 24.3 Å². The molecule has 1 amide bonds. The maximum absolute atomic E-state index is 12.0. The molecule has 3 rings (SSSR count). The fraction of sp³-hybridized carbons (Fsp3) is 0.250. The van der Waals surface area contributed by atoms with Crippen LogP contribution >= 0.6 is 0 Å². The summed E-state index contributed by atoms with van der Waals surface area (Å²) in [5.74, 6) is -0.181. The van der Waals surface area contributed by atoms with Gasteiger partial charge in [0.15, 0.2) is 0 Å². The quantitative estimate of drug-likeness (QED) is 0.788. The molecule has 0 spiro atoms. The van der Waals surface area contributed by atoms with E-state index in [0.717, 1.165) is 29.8 Å². The van der Waals surface area contributed by atoms with Crippen molar-refractivity contribution >= 4 is 17.6 Å². The van der Waals surface area contributed by atoms with Crippen molar-refractivity contribution in [3.8, 4) is 6.07 Å². The van der Waals surface area contributed by atoms with Crippen LogP contribution in [0.25, 0.3) is 0 Å². The minimum atomic E-state index is -0.327. The van der Waals surface area contributed by atoms with Crippen molar-refractivity contribution in [3.63, 3.8) is 0 Å². The van der Waals surface area contributed by atoms with Crippen LogP contribution in [0.2, 0.25) is 0 Å². The molecule has 2 aromatic carbocycles. The van der Waals surface area contributed by atoms with E-state index in [1.165, 1.54) is 0 Å². The zero-order chi connectivity index (χ0) is 17.6. The van der Waals surface area contributed by atoms with Crippen molar-refractivity contribution in [1.29, 1.82) is 5.26 Å². The second kappa shape index (κ2) is 7.63. The lowest BCUT2D eigenvalue weighted by Crippen LogP contribution is -2.23. The number of esters is 1. The Bertz CT molecular complexity index is 822. The highest BCUT2D eigenvalue weighted by Crippen LogP contribution is 2.21. The van der Waals surface area contributed by atoms with Gasteiger partial charge in [-0.15, -0.1) is 0 Å². The van der Waals surface area contributed by atoms with E-state index in [-0.39, 0.29) is 24.9 Å². The average Bonchev–Trinajstić information content (AvgIpc) is 3.07. The Morgan fingerprint density at radius 3 is 2.64 bits per heavy atom. The number of nitrogens with zero attached hydrogens (tertiary/aromatic N) is 2. The number of benzene rings is 2. The van der Waals surface area contributed by atoms with Crippen molar-refractivity contribution in [2.24, 2.45) is 0 Å². The number of anilines is 1. The molecule has 1 aliphatic heterocycles. The number of amides is 1. The summed E-state index contributed by atoms with van der Waals surface area (Å²) >= 11 is 0. The van der Waals surface area contributed by atoms with E-state index in [0.29, 0.717) is 12.0 Å². The maximum Gasteiger partial charge on any atom is 0.310 e. The van der Waals surface area contributed by atoms with Crippen molar-refractivity contribution in [1.82, 2.24) is 0 Å². The fourth-order valence-electron chi connectivity index (χ4n) is 2.83. The summed E-state index contributed by atoms with van der Waals surface area (Å²) in [5.41, 5.74) is 3.04. The monoisotopic (exact) mass is 334 g/mol. The molecule has 2 aromatic rings. The SMILES string of the molecule is N#Cc1cccc(COC(=O)Cc2ccc(N3CCCC3=O)cc2)c1. The summed E-state index contributed by atoms with van der Waals surface area (Å²) < 4.78 is 5.27. The molecule has 1 heterocycles. The number of carbonyl (C=O) groups is 2. The van der Waals surface area contributed by atoms with Crippen molar-refractivity contribution in [2.75, 3.05) is 11.4 Å². The Morgan fingerprint density at radius 1 is 1.16 bits per heavy atom. The largest absolute Gasteiger partial charge is 0.461 e. The first-order valence-corrected chi connectivity index (χ1v) is 8.20. The van der Waals surface area contributed by atoms with Crippen LogP contribution in [0.3, 0.4) is 0 Å². The number of hydrogen-bond donors (Lipinski definition) is 0. The van der Waals surface area contributed by atoms with E-state index < -0.39 is 0 Å². The summed E-state index contributed by atoms with van der Waals surface area (Å²) in [6.07, 6.45) is 1.66. The zero-order valence-electron chi connectivity index (χ0n) is 13.8. The van der Waals surface area contributed by atoms with Gasteiger partial charge >= 0.3 is 5.97 Å². The molecule has 1 saturated heterocycles. The summed E-state index contributed by atoms with van der Waals surface area (Å²) in [7, 11) is 0. The van der Waals surface area contributed by atoms with Gasteiger partial charge in [-0.05, 0) is 41.8 Å². The van der Waals surface area contributed by atoms with Crippen LogP contribution in [0, 0.1) is 11.3 Å². The molecule has 0 unspecified atom stereocenters. The van der Waals surface area contributed by atoms with Gasteiger partial charge in [-0.2, -0.15) is 5.26 Å². The molecule has 0 aliphatic carbocycles. The Hall–Kier alpha value is -3.13. The highest BCUT2D eigenvalue weighted by atomic mass is 16.5. The molecule has 0 bridgehead atoms. The molecule has 5 nitrogen and oxygen atoms in total. The van der Waals surface area contributed by atoms with E-state index in [1.807, 2.05) is 30.3 Å². The van der Waals surface area contributed by atoms with Crippen LogP contribution < -0.4 is 4.90 Å². The van der Waals surface area contributed by atoms with Crippen molar-refractivity contribution in [2.45, 2.75) is 25.9 Å². The van der Waals surface area contributed by atoms with E-state index in [4.69, 9.17) is 10.00 Å². The van der Waals surface area contributed by atoms with E-state index in [2.05, 4.69) is 6.07 Å². The fourth-order valence-corrected chi connectivity index (χ4v) is 2.83.